The highest BCUT2D eigenvalue weighted by Gasteiger charge is 2.19. The van der Waals surface area contributed by atoms with Crippen LogP contribution in [0.4, 0.5) is 11.9 Å². The van der Waals surface area contributed by atoms with Crippen LogP contribution in [0.1, 0.15) is 26.7 Å². The molecule has 1 aromatic rings. The number of hydrogen-bond donors (Lipinski definition) is 1. The van der Waals surface area contributed by atoms with Crippen LogP contribution in [0.5, 0.6) is 6.01 Å². The second-order valence-corrected chi connectivity index (χ2v) is 4.38. The Kier molecular flexibility index (Phi) is 3.61. The van der Waals surface area contributed by atoms with Crippen molar-refractivity contribution in [2.24, 2.45) is 5.92 Å². The van der Waals surface area contributed by atoms with Gasteiger partial charge in [0.15, 0.2) is 0 Å². The number of aromatic nitrogens is 3. The lowest BCUT2D eigenvalue weighted by Crippen LogP contribution is -2.34. The van der Waals surface area contributed by atoms with Crippen molar-refractivity contribution < 1.29 is 4.74 Å². The van der Waals surface area contributed by atoms with Crippen LogP contribution in [-0.2, 0) is 0 Å². The van der Waals surface area contributed by atoms with Crippen molar-refractivity contribution in [2.45, 2.75) is 26.7 Å². The normalized spacial score (nSPS) is 17.2. The summed E-state index contributed by atoms with van der Waals surface area (Å²) in [7, 11) is 0. The van der Waals surface area contributed by atoms with E-state index in [9.17, 15) is 0 Å². The lowest BCUT2D eigenvalue weighted by Gasteiger charge is -2.30. The van der Waals surface area contributed by atoms with Crippen LogP contribution in [0, 0.1) is 5.92 Å². The number of anilines is 2. The summed E-state index contributed by atoms with van der Waals surface area (Å²) in [6.07, 6.45) is 2.32. The molecule has 0 spiro atoms. The van der Waals surface area contributed by atoms with E-state index in [1.165, 1.54) is 0 Å². The summed E-state index contributed by atoms with van der Waals surface area (Å²) in [5.74, 6) is 1.63. The van der Waals surface area contributed by atoms with Gasteiger partial charge < -0.3 is 15.4 Å². The second-order valence-electron chi connectivity index (χ2n) is 4.38. The standard InChI is InChI=1S/C11H19N5O/c1-3-17-11-14-9(12)13-10(15-11)16-6-4-8(2)5-7-16/h8H,3-7H2,1-2H3,(H2,12,13,14,15). The molecule has 6 heteroatoms. The van der Waals surface area contributed by atoms with Gasteiger partial charge >= 0.3 is 6.01 Å². The molecule has 1 aliphatic rings. The van der Waals surface area contributed by atoms with E-state index in [0.717, 1.165) is 31.8 Å². The maximum atomic E-state index is 5.65. The smallest absolute Gasteiger partial charge is 0.323 e. The van der Waals surface area contributed by atoms with E-state index in [0.29, 0.717) is 18.6 Å². The molecule has 2 rings (SSSR count). The Morgan fingerprint density at radius 1 is 1.29 bits per heavy atom. The molecule has 0 amide bonds. The third-order valence-electron chi connectivity index (χ3n) is 2.96. The summed E-state index contributed by atoms with van der Waals surface area (Å²) in [6.45, 7) is 6.62. The van der Waals surface area contributed by atoms with Gasteiger partial charge in [-0.2, -0.15) is 15.0 Å². The predicted octanol–water partition coefficient (Wildman–Crippen LogP) is 1.09. The largest absolute Gasteiger partial charge is 0.464 e. The summed E-state index contributed by atoms with van der Waals surface area (Å²) in [5.41, 5.74) is 5.65. The van der Waals surface area contributed by atoms with Crippen LogP contribution in [0.3, 0.4) is 0 Å². The van der Waals surface area contributed by atoms with Crippen LogP contribution < -0.4 is 15.4 Å². The third kappa shape index (κ3) is 2.95. The molecule has 94 valence electrons. The Morgan fingerprint density at radius 3 is 2.65 bits per heavy atom. The van der Waals surface area contributed by atoms with Crippen LogP contribution in [0.15, 0.2) is 0 Å². The van der Waals surface area contributed by atoms with E-state index < -0.39 is 0 Å². The van der Waals surface area contributed by atoms with Crippen molar-refractivity contribution in [3.05, 3.63) is 0 Å². The van der Waals surface area contributed by atoms with Crippen LogP contribution in [0.2, 0.25) is 0 Å². The lowest BCUT2D eigenvalue weighted by molar-refractivity contribution is 0.311. The molecule has 2 heterocycles. The van der Waals surface area contributed by atoms with Gasteiger partial charge in [-0.15, -0.1) is 0 Å². The van der Waals surface area contributed by atoms with E-state index in [4.69, 9.17) is 10.5 Å². The molecule has 0 bridgehead atoms. The van der Waals surface area contributed by atoms with E-state index in [1.54, 1.807) is 0 Å². The van der Waals surface area contributed by atoms with E-state index in [-0.39, 0.29) is 5.95 Å². The zero-order valence-electron chi connectivity index (χ0n) is 10.4. The van der Waals surface area contributed by atoms with Crippen LogP contribution in [0.25, 0.3) is 0 Å². The molecular formula is C11H19N5O. The number of ether oxygens (including phenoxy) is 1. The lowest BCUT2D eigenvalue weighted by atomic mass is 10.00. The van der Waals surface area contributed by atoms with Crippen molar-refractivity contribution in [3.63, 3.8) is 0 Å². The molecule has 2 N–H and O–H groups in total. The Morgan fingerprint density at radius 2 is 2.00 bits per heavy atom. The van der Waals surface area contributed by atoms with Gasteiger partial charge in [-0.25, -0.2) is 0 Å². The Labute approximate surface area is 101 Å². The maximum Gasteiger partial charge on any atom is 0.323 e. The van der Waals surface area contributed by atoms with Gasteiger partial charge in [0.1, 0.15) is 0 Å². The number of nitrogens with zero attached hydrogens (tertiary/aromatic N) is 4. The average Bonchev–Trinajstić information content (AvgIpc) is 2.29. The van der Waals surface area contributed by atoms with Crippen molar-refractivity contribution >= 4 is 11.9 Å². The second kappa shape index (κ2) is 5.16. The van der Waals surface area contributed by atoms with Crippen molar-refractivity contribution in [2.75, 3.05) is 30.3 Å². The number of rotatable bonds is 3. The summed E-state index contributed by atoms with van der Waals surface area (Å²) in [5, 5.41) is 0. The summed E-state index contributed by atoms with van der Waals surface area (Å²) in [4.78, 5) is 14.5. The van der Waals surface area contributed by atoms with Gasteiger partial charge in [0, 0.05) is 13.1 Å². The molecule has 0 atom stereocenters. The van der Waals surface area contributed by atoms with E-state index in [1.807, 2.05) is 6.92 Å². The Hall–Kier alpha value is -1.59. The number of nitrogens with two attached hydrogens (primary N) is 1. The minimum Gasteiger partial charge on any atom is -0.464 e. The fourth-order valence-electron chi connectivity index (χ4n) is 1.90. The highest BCUT2D eigenvalue weighted by atomic mass is 16.5. The zero-order valence-corrected chi connectivity index (χ0v) is 10.4. The number of hydrogen-bond acceptors (Lipinski definition) is 6. The average molecular weight is 237 g/mol. The van der Waals surface area contributed by atoms with Crippen molar-refractivity contribution in [3.8, 4) is 6.01 Å². The Balaban J connectivity index is 2.14. The fourth-order valence-corrected chi connectivity index (χ4v) is 1.90. The van der Waals surface area contributed by atoms with E-state index in [2.05, 4.69) is 26.8 Å². The summed E-state index contributed by atoms with van der Waals surface area (Å²) >= 11 is 0. The first-order valence-corrected chi connectivity index (χ1v) is 6.08. The molecule has 0 aliphatic carbocycles. The zero-order chi connectivity index (χ0) is 12.3. The van der Waals surface area contributed by atoms with Gasteiger partial charge in [0.25, 0.3) is 0 Å². The predicted molar refractivity (Wildman–Crippen MR) is 66.0 cm³/mol. The summed E-state index contributed by atoms with van der Waals surface area (Å²) < 4.78 is 5.27. The fraction of sp³-hybridized carbons (Fsp3) is 0.727. The maximum absolute atomic E-state index is 5.65. The monoisotopic (exact) mass is 237 g/mol. The molecule has 0 aromatic carbocycles. The molecule has 1 saturated heterocycles. The molecule has 1 aromatic heterocycles. The van der Waals surface area contributed by atoms with Crippen molar-refractivity contribution in [1.82, 2.24) is 15.0 Å². The highest BCUT2D eigenvalue weighted by molar-refractivity contribution is 5.36. The van der Waals surface area contributed by atoms with Gasteiger partial charge in [-0.1, -0.05) is 6.92 Å². The molecule has 0 radical (unpaired) electrons. The van der Waals surface area contributed by atoms with Crippen LogP contribution in [-0.4, -0.2) is 34.6 Å². The third-order valence-corrected chi connectivity index (χ3v) is 2.96. The van der Waals surface area contributed by atoms with Gasteiger partial charge in [-0.05, 0) is 25.7 Å². The minimum atomic E-state index is 0.220. The van der Waals surface area contributed by atoms with Gasteiger partial charge in [0.05, 0.1) is 6.61 Å². The first-order valence-electron chi connectivity index (χ1n) is 6.08. The summed E-state index contributed by atoms with van der Waals surface area (Å²) in [6, 6.07) is 0.314. The first kappa shape index (κ1) is 11.9. The molecule has 6 nitrogen and oxygen atoms in total. The quantitative estimate of drug-likeness (QED) is 0.848. The topological polar surface area (TPSA) is 77.2 Å². The van der Waals surface area contributed by atoms with Gasteiger partial charge in [0.2, 0.25) is 11.9 Å². The first-order chi connectivity index (χ1) is 8.19. The van der Waals surface area contributed by atoms with Crippen LogP contribution >= 0.6 is 0 Å². The molecule has 1 aliphatic heterocycles. The Bertz CT molecular complexity index is 376. The number of piperidine rings is 1. The minimum absolute atomic E-state index is 0.220. The van der Waals surface area contributed by atoms with Gasteiger partial charge in [-0.3, -0.25) is 0 Å². The molecular weight excluding hydrogens is 218 g/mol. The van der Waals surface area contributed by atoms with Crippen molar-refractivity contribution in [1.29, 1.82) is 0 Å². The molecule has 0 saturated carbocycles. The SMILES string of the molecule is CCOc1nc(N)nc(N2CCC(C)CC2)n1. The molecule has 17 heavy (non-hydrogen) atoms. The van der Waals surface area contributed by atoms with E-state index >= 15 is 0 Å². The highest BCUT2D eigenvalue weighted by Crippen LogP contribution is 2.21. The molecule has 1 fully saturated rings. The number of nitrogen functional groups attached to an aromatic ring is 1. The molecule has 0 unspecified atom stereocenters.